The van der Waals surface area contributed by atoms with Gasteiger partial charge >= 0.3 is 5.97 Å². The van der Waals surface area contributed by atoms with Gasteiger partial charge in [-0.05, 0) is 18.1 Å². The summed E-state index contributed by atoms with van der Waals surface area (Å²) >= 11 is 0. The van der Waals surface area contributed by atoms with Gasteiger partial charge < -0.3 is 10.8 Å². The molecular weight excluding hydrogens is 258 g/mol. The minimum absolute atomic E-state index is 0.123. The van der Waals surface area contributed by atoms with E-state index in [0.29, 0.717) is 0 Å². The highest BCUT2D eigenvalue weighted by Crippen LogP contribution is 1.99. The largest absolute Gasteiger partial charge is 0.480 e. The second-order valence-corrected chi connectivity index (χ2v) is 5.66. The van der Waals surface area contributed by atoms with Crippen molar-refractivity contribution in [1.82, 2.24) is 9.71 Å². The molecule has 0 bridgehead atoms. The Hall–Kier alpha value is -1.51. The Morgan fingerprint density at radius 2 is 2.28 bits per heavy atom. The van der Waals surface area contributed by atoms with Gasteiger partial charge in [0, 0.05) is 18.9 Å². The van der Waals surface area contributed by atoms with Crippen molar-refractivity contribution in [2.75, 3.05) is 5.75 Å². The molecule has 0 unspecified atom stereocenters. The van der Waals surface area contributed by atoms with Crippen LogP contribution in [0.1, 0.15) is 12.0 Å². The third-order valence-electron chi connectivity index (χ3n) is 2.23. The lowest BCUT2D eigenvalue weighted by Crippen LogP contribution is -2.35. The fourth-order valence-electron chi connectivity index (χ4n) is 1.17. The number of sulfonamides is 1. The lowest BCUT2D eigenvalue weighted by atomic mass is 10.2. The first kappa shape index (κ1) is 14.6. The maximum Gasteiger partial charge on any atom is 0.320 e. The van der Waals surface area contributed by atoms with Gasteiger partial charge in [-0.3, -0.25) is 9.78 Å². The Kier molecular flexibility index (Phi) is 5.20. The van der Waals surface area contributed by atoms with Crippen LogP contribution in [0.4, 0.5) is 0 Å². The van der Waals surface area contributed by atoms with Gasteiger partial charge in [-0.1, -0.05) is 6.07 Å². The maximum atomic E-state index is 11.6. The molecule has 0 amide bonds. The molecule has 1 atom stereocenters. The number of aromatic nitrogens is 1. The van der Waals surface area contributed by atoms with E-state index in [2.05, 4.69) is 9.71 Å². The second-order valence-electron chi connectivity index (χ2n) is 3.73. The van der Waals surface area contributed by atoms with Crippen LogP contribution in [0.2, 0.25) is 0 Å². The van der Waals surface area contributed by atoms with Crippen molar-refractivity contribution in [3.05, 3.63) is 30.1 Å². The molecule has 1 aromatic rings. The molecule has 0 spiro atoms. The predicted molar refractivity (Wildman–Crippen MR) is 65.1 cm³/mol. The first-order valence-electron chi connectivity index (χ1n) is 5.25. The molecular formula is C10H15N3O4S. The summed E-state index contributed by atoms with van der Waals surface area (Å²) in [6, 6.07) is 2.27. The van der Waals surface area contributed by atoms with Crippen LogP contribution < -0.4 is 10.5 Å². The lowest BCUT2D eigenvalue weighted by molar-refractivity contribution is -0.138. The Bertz CT molecular complexity index is 489. The summed E-state index contributed by atoms with van der Waals surface area (Å²) in [5.41, 5.74) is 5.95. The van der Waals surface area contributed by atoms with Crippen LogP contribution in [-0.2, 0) is 21.4 Å². The van der Waals surface area contributed by atoms with E-state index >= 15 is 0 Å². The molecule has 4 N–H and O–H groups in total. The molecule has 0 radical (unpaired) electrons. The van der Waals surface area contributed by atoms with Gasteiger partial charge in [0.05, 0.1) is 5.75 Å². The first-order chi connectivity index (χ1) is 8.41. The summed E-state index contributed by atoms with van der Waals surface area (Å²) in [7, 11) is -3.53. The summed E-state index contributed by atoms with van der Waals surface area (Å²) in [5.74, 6) is -1.53. The third-order valence-corrected chi connectivity index (χ3v) is 3.59. The summed E-state index contributed by atoms with van der Waals surface area (Å²) in [6.07, 6.45) is 3.01. The molecule has 18 heavy (non-hydrogen) atoms. The average Bonchev–Trinajstić information content (AvgIpc) is 2.35. The first-order valence-corrected chi connectivity index (χ1v) is 6.90. The molecule has 100 valence electrons. The molecule has 8 heteroatoms. The van der Waals surface area contributed by atoms with Crippen molar-refractivity contribution >= 4 is 16.0 Å². The van der Waals surface area contributed by atoms with Crippen molar-refractivity contribution in [2.45, 2.75) is 19.0 Å². The quantitative estimate of drug-likeness (QED) is 0.604. The Labute approximate surface area is 105 Å². The highest BCUT2D eigenvalue weighted by Gasteiger charge is 2.17. The zero-order chi connectivity index (χ0) is 13.6. The minimum atomic E-state index is -3.53. The summed E-state index contributed by atoms with van der Waals surface area (Å²) in [5, 5.41) is 8.54. The summed E-state index contributed by atoms with van der Waals surface area (Å²) in [4.78, 5) is 14.3. The van der Waals surface area contributed by atoms with Crippen molar-refractivity contribution in [1.29, 1.82) is 0 Å². The van der Waals surface area contributed by atoms with E-state index in [1.807, 2.05) is 0 Å². The molecule has 0 aliphatic carbocycles. The number of hydrogen-bond acceptors (Lipinski definition) is 5. The number of carboxylic acids is 1. The minimum Gasteiger partial charge on any atom is -0.480 e. The zero-order valence-electron chi connectivity index (χ0n) is 9.61. The zero-order valence-corrected chi connectivity index (χ0v) is 10.4. The van der Waals surface area contributed by atoms with Gasteiger partial charge in [0.25, 0.3) is 0 Å². The number of rotatable bonds is 7. The van der Waals surface area contributed by atoms with Crippen LogP contribution in [0.15, 0.2) is 24.5 Å². The molecule has 1 aromatic heterocycles. The van der Waals surface area contributed by atoms with Crippen molar-refractivity contribution in [2.24, 2.45) is 5.73 Å². The van der Waals surface area contributed by atoms with Gasteiger partial charge in [-0.25, -0.2) is 13.1 Å². The van der Waals surface area contributed by atoms with Crippen LogP contribution >= 0.6 is 0 Å². The van der Waals surface area contributed by atoms with E-state index in [4.69, 9.17) is 10.8 Å². The number of hydrogen-bond donors (Lipinski definition) is 3. The van der Waals surface area contributed by atoms with Gasteiger partial charge in [0.1, 0.15) is 6.04 Å². The highest BCUT2D eigenvalue weighted by molar-refractivity contribution is 7.89. The molecule has 0 fully saturated rings. The van der Waals surface area contributed by atoms with Crippen LogP contribution in [0.3, 0.4) is 0 Å². The van der Waals surface area contributed by atoms with Crippen molar-refractivity contribution < 1.29 is 18.3 Å². The normalized spacial score (nSPS) is 13.2. The van der Waals surface area contributed by atoms with Crippen LogP contribution in [-0.4, -0.2) is 36.3 Å². The van der Waals surface area contributed by atoms with E-state index in [1.54, 1.807) is 24.5 Å². The summed E-state index contributed by atoms with van der Waals surface area (Å²) in [6.45, 7) is 0.123. The Morgan fingerprint density at radius 1 is 1.56 bits per heavy atom. The van der Waals surface area contributed by atoms with Crippen molar-refractivity contribution in [3.63, 3.8) is 0 Å². The van der Waals surface area contributed by atoms with Gasteiger partial charge in [-0.15, -0.1) is 0 Å². The number of nitrogens with two attached hydrogens (primary N) is 1. The monoisotopic (exact) mass is 273 g/mol. The van der Waals surface area contributed by atoms with Crippen molar-refractivity contribution in [3.8, 4) is 0 Å². The lowest BCUT2D eigenvalue weighted by Gasteiger charge is -2.08. The van der Waals surface area contributed by atoms with Crippen LogP contribution in [0.5, 0.6) is 0 Å². The third kappa shape index (κ3) is 5.21. The number of nitrogens with zero attached hydrogens (tertiary/aromatic N) is 1. The summed E-state index contributed by atoms with van der Waals surface area (Å²) < 4.78 is 25.5. The number of pyridine rings is 1. The number of carboxylic acid groups (broad SMARTS) is 1. The molecule has 1 heterocycles. The van der Waals surface area contributed by atoms with E-state index in [-0.39, 0.29) is 18.7 Å². The van der Waals surface area contributed by atoms with E-state index < -0.39 is 22.0 Å². The van der Waals surface area contributed by atoms with Crippen LogP contribution in [0.25, 0.3) is 0 Å². The fourth-order valence-corrected chi connectivity index (χ4v) is 2.27. The smallest absolute Gasteiger partial charge is 0.320 e. The fraction of sp³-hybridized carbons (Fsp3) is 0.400. The SMILES string of the molecule is N[C@@H](CCS(=O)(=O)NCc1cccnc1)C(=O)O. The van der Waals surface area contributed by atoms with Gasteiger partial charge in [0.2, 0.25) is 10.0 Å². The topological polar surface area (TPSA) is 122 Å². The molecule has 0 saturated carbocycles. The number of carbonyl (C=O) groups is 1. The molecule has 0 saturated heterocycles. The van der Waals surface area contributed by atoms with E-state index in [0.717, 1.165) is 5.56 Å². The second kappa shape index (κ2) is 6.43. The van der Waals surface area contributed by atoms with Crippen LogP contribution in [0, 0.1) is 0 Å². The highest BCUT2D eigenvalue weighted by atomic mass is 32.2. The average molecular weight is 273 g/mol. The number of nitrogens with one attached hydrogen (secondary N) is 1. The Morgan fingerprint density at radius 3 is 2.83 bits per heavy atom. The maximum absolute atomic E-state index is 11.6. The van der Waals surface area contributed by atoms with E-state index in [1.165, 1.54) is 0 Å². The van der Waals surface area contributed by atoms with Gasteiger partial charge in [-0.2, -0.15) is 0 Å². The molecule has 7 nitrogen and oxygen atoms in total. The number of aliphatic carboxylic acids is 1. The predicted octanol–water partition coefficient (Wildman–Crippen LogP) is -0.697. The molecule has 1 rings (SSSR count). The molecule has 0 aliphatic rings. The molecule has 0 aromatic carbocycles. The van der Waals surface area contributed by atoms with Gasteiger partial charge in [0.15, 0.2) is 0 Å². The Balaban J connectivity index is 2.43. The molecule has 0 aliphatic heterocycles. The standard InChI is InChI=1S/C10H15N3O4S/c11-9(10(14)15)3-5-18(16,17)13-7-8-2-1-4-12-6-8/h1-2,4,6,9,13H,3,5,7,11H2,(H,14,15)/t9-/m0/s1. The van der Waals surface area contributed by atoms with E-state index in [9.17, 15) is 13.2 Å².